The summed E-state index contributed by atoms with van der Waals surface area (Å²) >= 11 is 10.9. The van der Waals surface area contributed by atoms with Crippen LogP contribution in [0.25, 0.3) is 0 Å². The molecule has 0 saturated carbocycles. The van der Waals surface area contributed by atoms with Gasteiger partial charge in [-0.3, -0.25) is 0 Å². The smallest absolute Gasteiger partial charge is 0.0272 e. The lowest BCUT2D eigenvalue weighted by Gasteiger charge is -1.89. The van der Waals surface area contributed by atoms with Crippen molar-refractivity contribution in [3.8, 4) is 0 Å². The van der Waals surface area contributed by atoms with Crippen molar-refractivity contribution in [2.45, 2.75) is 6.42 Å². The molecule has 2 N–H and O–H groups in total. The van der Waals surface area contributed by atoms with Crippen LogP contribution in [0.2, 0.25) is 0 Å². The fraction of sp³-hybridized carbons (Fsp3) is 0.600. The van der Waals surface area contributed by atoms with E-state index in [-0.39, 0.29) is 0 Å². The average molecular weight is 154 g/mol. The molecule has 0 aliphatic rings. The van der Waals surface area contributed by atoms with Crippen LogP contribution in [0.4, 0.5) is 0 Å². The predicted molar refractivity (Wildman–Crippen MR) is 38.3 cm³/mol. The standard InChI is InChI=1S/C5H9Cl2N/c6-3-1-5(7)2-4-8/h2H,1,3-4,8H2/b5-2+. The number of halogens is 2. The van der Waals surface area contributed by atoms with Gasteiger partial charge in [0.1, 0.15) is 0 Å². The lowest BCUT2D eigenvalue weighted by atomic mass is 10.4. The van der Waals surface area contributed by atoms with E-state index < -0.39 is 0 Å². The Morgan fingerprint density at radius 1 is 1.62 bits per heavy atom. The van der Waals surface area contributed by atoms with Gasteiger partial charge in [-0.2, -0.15) is 0 Å². The second-order valence-electron chi connectivity index (χ2n) is 1.33. The summed E-state index contributed by atoms with van der Waals surface area (Å²) in [6.07, 6.45) is 2.48. The molecule has 3 heteroatoms. The second kappa shape index (κ2) is 5.42. The van der Waals surface area contributed by atoms with Gasteiger partial charge >= 0.3 is 0 Å². The van der Waals surface area contributed by atoms with E-state index in [1.165, 1.54) is 0 Å². The molecule has 0 radical (unpaired) electrons. The minimum Gasteiger partial charge on any atom is -0.327 e. The van der Waals surface area contributed by atoms with E-state index in [9.17, 15) is 0 Å². The Morgan fingerprint density at radius 2 is 2.25 bits per heavy atom. The largest absolute Gasteiger partial charge is 0.327 e. The average Bonchev–Trinajstić information content (AvgIpc) is 1.68. The van der Waals surface area contributed by atoms with Crippen LogP contribution in [0.5, 0.6) is 0 Å². The van der Waals surface area contributed by atoms with Crippen molar-refractivity contribution in [2.24, 2.45) is 5.73 Å². The van der Waals surface area contributed by atoms with Crippen molar-refractivity contribution in [2.75, 3.05) is 12.4 Å². The number of nitrogens with two attached hydrogens (primary N) is 1. The van der Waals surface area contributed by atoms with Crippen LogP contribution in [0, 0.1) is 0 Å². The minimum absolute atomic E-state index is 0.496. The molecule has 0 fully saturated rings. The van der Waals surface area contributed by atoms with Crippen molar-refractivity contribution in [3.05, 3.63) is 11.1 Å². The maximum absolute atomic E-state index is 5.58. The van der Waals surface area contributed by atoms with E-state index in [1.54, 1.807) is 6.08 Å². The van der Waals surface area contributed by atoms with E-state index in [1.807, 2.05) is 0 Å². The monoisotopic (exact) mass is 153 g/mol. The number of rotatable bonds is 3. The number of hydrogen-bond acceptors (Lipinski definition) is 1. The van der Waals surface area contributed by atoms with Gasteiger partial charge in [0.05, 0.1) is 0 Å². The highest BCUT2D eigenvalue weighted by atomic mass is 35.5. The summed E-state index contributed by atoms with van der Waals surface area (Å²) in [5, 5.41) is 0.752. The Labute approximate surface area is 59.5 Å². The molecule has 0 aromatic rings. The molecule has 0 aliphatic carbocycles. The fourth-order valence-electron chi connectivity index (χ4n) is 0.320. The Balaban J connectivity index is 3.29. The minimum atomic E-state index is 0.496. The summed E-state index contributed by atoms with van der Waals surface area (Å²) < 4.78 is 0. The van der Waals surface area contributed by atoms with Crippen LogP contribution in [0.1, 0.15) is 6.42 Å². The predicted octanol–water partition coefficient (Wildman–Crippen LogP) is 1.70. The molecule has 48 valence electrons. The van der Waals surface area contributed by atoms with Crippen LogP contribution in [-0.2, 0) is 0 Å². The molecule has 0 atom stereocenters. The van der Waals surface area contributed by atoms with Gasteiger partial charge in [0, 0.05) is 17.5 Å². The highest BCUT2D eigenvalue weighted by Gasteiger charge is 1.86. The molecular weight excluding hydrogens is 145 g/mol. The Morgan fingerprint density at radius 3 is 2.62 bits per heavy atom. The molecule has 0 spiro atoms. The van der Waals surface area contributed by atoms with Crippen LogP contribution >= 0.6 is 23.2 Å². The molecule has 0 aliphatic heterocycles. The molecule has 0 rings (SSSR count). The number of alkyl halides is 1. The van der Waals surface area contributed by atoms with Gasteiger partial charge in [-0.1, -0.05) is 17.7 Å². The molecule has 0 aromatic heterocycles. The zero-order valence-electron chi connectivity index (χ0n) is 4.53. The molecule has 0 saturated heterocycles. The third-order valence-electron chi connectivity index (χ3n) is 0.673. The zero-order chi connectivity index (χ0) is 6.41. The quantitative estimate of drug-likeness (QED) is 0.615. The van der Waals surface area contributed by atoms with Gasteiger partial charge in [0.25, 0.3) is 0 Å². The van der Waals surface area contributed by atoms with Gasteiger partial charge in [-0.25, -0.2) is 0 Å². The first-order valence-electron chi connectivity index (χ1n) is 2.41. The summed E-state index contributed by atoms with van der Waals surface area (Å²) in [7, 11) is 0. The SMILES string of the molecule is NC/C=C(/Cl)CCCl. The third-order valence-corrected chi connectivity index (χ3v) is 1.20. The number of hydrogen-bond donors (Lipinski definition) is 1. The van der Waals surface area contributed by atoms with Gasteiger partial charge in [-0.15, -0.1) is 11.6 Å². The highest BCUT2D eigenvalue weighted by Crippen LogP contribution is 2.06. The molecule has 0 heterocycles. The first-order valence-corrected chi connectivity index (χ1v) is 3.33. The molecule has 0 bridgehead atoms. The van der Waals surface area contributed by atoms with Crippen molar-refractivity contribution in [1.29, 1.82) is 0 Å². The van der Waals surface area contributed by atoms with E-state index in [0.717, 1.165) is 11.5 Å². The molecule has 0 unspecified atom stereocenters. The topological polar surface area (TPSA) is 26.0 Å². The molecule has 0 amide bonds. The van der Waals surface area contributed by atoms with E-state index in [2.05, 4.69) is 0 Å². The molecule has 8 heavy (non-hydrogen) atoms. The number of allylic oxidation sites excluding steroid dienone is 1. The van der Waals surface area contributed by atoms with E-state index >= 15 is 0 Å². The molecule has 0 aromatic carbocycles. The van der Waals surface area contributed by atoms with Gasteiger partial charge < -0.3 is 5.73 Å². The first kappa shape index (κ1) is 8.28. The van der Waals surface area contributed by atoms with Gasteiger partial charge in [-0.05, 0) is 6.42 Å². The van der Waals surface area contributed by atoms with Crippen LogP contribution in [0.15, 0.2) is 11.1 Å². The highest BCUT2D eigenvalue weighted by molar-refractivity contribution is 6.30. The van der Waals surface area contributed by atoms with Gasteiger partial charge in [0.15, 0.2) is 0 Å². The van der Waals surface area contributed by atoms with Crippen molar-refractivity contribution < 1.29 is 0 Å². The van der Waals surface area contributed by atoms with Gasteiger partial charge in [0.2, 0.25) is 0 Å². The Kier molecular flexibility index (Phi) is 5.61. The second-order valence-corrected chi connectivity index (χ2v) is 2.19. The summed E-state index contributed by atoms with van der Waals surface area (Å²) in [4.78, 5) is 0. The molecule has 1 nitrogen and oxygen atoms in total. The lowest BCUT2D eigenvalue weighted by Crippen LogP contribution is -1.93. The molecular formula is C5H9Cl2N. The maximum atomic E-state index is 5.58. The lowest BCUT2D eigenvalue weighted by molar-refractivity contribution is 1.16. The maximum Gasteiger partial charge on any atom is 0.0272 e. The van der Waals surface area contributed by atoms with Crippen LogP contribution in [0.3, 0.4) is 0 Å². The summed E-state index contributed by atoms with van der Waals surface area (Å²) in [6, 6.07) is 0. The summed E-state index contributed by atoms with van der Waals surface area (Å²) in [6.45, 7) is 0.496. The van der Waals surface area contributed by atoms with Crippen molar-refractivity contribution in [3.63, 3.8) is 0 Å². The Hall–Kier alpha value is 0.280. The first-order chi connectivity index (χ1) is 3.81. The van der Waals surface area contributed by atoms with Crippen molar-refractivity contribution >= 4 is 23.2 Å². The van der Waals surface area contributed by atoms with E-state index in [4.69, 9.17) is 28.9 Å². The van der Waals surface area contributed by atoms with E-state index in [0.29, 0.717) is 12.4 Å². The zero-order valence-corrected chi connectivity index (χ0v) is 6.04. The summed E-state index contributed by atoms with van der Waals surface area (Å²) in [5.41, 5.74) is 5.16. The van der Waals surface area contributed by atoms with Crippen LogP contribution < -0.4 is 5.73 Å². The fourth-order valence-corrected chi connectivity index (χ4v) is 0.804. The van der Waals surface area contributed by atoms with Crippen LogP contribution in [-0.4, -0.2) is 12.4 Å². The Bertz CT molecular complexity index is 80.5. The van der Waals surface area contributed by atoms with Crippen molar-refractivity contribution in [1.82, 2.24) is 0 Å². The normalized spacial score (nSPS) is 12.1. The third kappa shape index (κ3) is 4.44. The summed E-state index contributed by atoms with van der Waals surface area (Å²) in [5.74, 6) is 0.565.